The second kappa shape index (κ2) is 6.91. The lowest BCUT2D eigenvalue weighted by atomic mass is 10.2. The molecule has 0 spiro atoms. The average Bonchev–Trinajstić information content (AvgIpc) is 2.50. The number of amidine groups is 1. The van der Waals surface area contributed by atoms with Crippen LogP contribution < -0.4 is 10.6 Å². The highest BCUT2D eigenvalue weighted by Gasteiger charge is 2.11. The number of halogens is 1. The lowest BCUT2D eigenvalue weighted by molar-refractivity contribution is 0.317. The van der Waals surface area contributed by atoms with Gasteiger partial charge in [-0.2, -0.15) is 0 Å². The number of pyridine rings is 1. The molecule has 3 N–H and O–H groups in total. The van der Waals surface area contributed by atoms with E-state index in [9.17, 15) is 0 Å². The monoisotopic (exact) mass is 334 g/mol. The van der Waals surface area contributed by atoms with Crippen molar-refractivity contribution >= 4 is 33.3 Å². The van der Waals surface area contributed by atoms with Gasteiger partial charge in [-0.05, 0) is 40.2 Å². The van der Waals surface area contributed by atoms with E-state index in [0.29, 0.717) is 13.0 Å². The maximum absolute atomic E-state index is 8.65. The van der Waals surface area contributed by atoms with Crippen molar-refractivity contribution in [3.8, 4) is 0 Å². The molecular weight excluding hydrogens is 320 g/mol. The standard InChI is InChI=1S/C14H15BrN4O/c15-11-6-7-14(17-10-11)19(9-8-13(16)18-20)12-4-2-1-3-5-12/h1-7,10,20H,8-9H2,(H2,16,18). The highest BCUT2D eigenvalue weighted by atomic mass is 79.9. The molecule has 2 rings (SSSR count). The molecule has 0 bridgehead atoms. The van der Waals surface area contributed by atoms with Crippen molar-refractivity contribution in [3.05, 3.63) is 53.1 Å². The van der Waals surface area contributed by atoms with Crippen molar-refractivity contribution in [2.45, 2.75) is 6.42 Å². The summed E-state index contributed by atoms with van der Waals surface area (Å²) < 4.78 is 0.922. The molecule has 0 saturated heterocycles. The Morgan fingerprint density at radius 1 is 1.25 bits per heavy atom. The van der Waals surface area contributed by atoms with Crippen LogP contribution in [-0.4, -0.2) is 22.6 Å². The zero-order chi connectivity index (χ0) is 14.4. The van der Waals surface area contributed by atoms with Crippen LogP contribution in [0.25, 0.3) is 0 Å². The number of hydrogen-bond donors (Lipinski definition) is 2. The van der Waals surface area contributed by atoms with Crippen molar-refractivity contribution in [2.24, 2.45) is 10.9 Å². The Labute approximate surface area is 125 Å². The Kier molecular flexibility index (Phi) is 4.95. The first-order valence-electron chi connectivity index (χ1n) is 6.11. The van der Waals surface area contributed by atoms with Crippen molar-refractivity contribution in [2.75, 3.05) is 11.4 Å². The summed E-state index contributed by atoms with van der Waals surface area (Å²) in [4.78, 5) is 6.41. The van der Waals surface area contributed by atoms with E-state index in [1.807, 2.05) is 47.4 Å². The third-order valence-electron chi connectivity index (χ3n) is 2.78. The number of aromatic nitrogens is 1. The van der Waals surface area contributed by atoms with E-state index >= 15 is 0 Å². The second-order valence-electron chi connectivity index (χ2n) is 4.16. The van der Waals surface area contributed by atoms with Crippen LogP contribution in [0, 0.1) is 0 Å². The summed E-state index contributed by atoms with van der Waals surface area (Å²) in [5.41, 5.74) is 6.55. The van der Waals surface area contributed by atoms with Crippen LogP contribution in [0.3, 0.4) is 0 Å². The lowest BCUT2D eigenvalue weighted by Crippen LogP contribution is -2.24. The van der Waals surface area contributed by atoms with Crippen molar-refractivity contribution in [1.29, 1.82) is 0 Å². The maximum atomic E-state index is 8.65. The highest BCUT2D eigenvalue weighted by molar-refractivity contribution is 9.10. The molecule has 0 fully saturated rings. The Morgan fingerprint density at radius 3 is 2.60 bits per heavy atom. The summed E-state index contributed by atoms with van der Waals surface area (Å²) in [6, 6.07) is 13.7. The molecule has 0 aliphatic carbocycles. The zero-order valence-corrected chi connectivity index (χ0v) is 12.4. The third-order valence-corrected chi connectivity index (χ3v) is 3.25. The predicted octanol–water partition coefficient (Wildman–Crippen LogP) is 3.12. The fourth-order valence-electron chi connectivity index (χ4n) is 1.79. The summed E-state index contributed by atoms with van der Waals surface area (Å²) in [7, 11) is 0. The van der Waals surface area contributed by atoms with E-state index in [1.165, 1.54) is 0 Å². The van der Waals surface area contributed by atoms with Gasteiger partial charge in [0, 0.05) is 29.3 Å². The van der Waals surface area contributed by atoms with Crippen molar-refractivity contribution in [3.63, 3.8) is 0 Å². The number of anilines is 2. The van der Waals surface area contributed by atoms with Crippen LogP contribution in [0.1, 0.15) is 6.42 Å². The molecule has 0 aliphatic rings. The molecule has 2 aromatic rings. The van der Waals surface area contributed by atoms with Crippen LogP contribution in [0.2, 0.25) is 0 Å². The van der Waals surface area contributed by atoms with Gasteiger partial charge in [0.1, 0.15) is 11.7 Å². The molecule has 0 amide bonds. The molecule has 0 saturated carbocycles. The minimum atomic E-state index is 0.197. The summed E-state index contributed by atoms with van der Waals surface area (Å²) in [5.74, 6) is 1.01. The number of nitrogens with two attached hydrogens (primary N) is 1. The number of hydrogen-bond acceptors (Lipinski definition) is 4. The molecular formula is C14H15BrN4O. The second-order valence-corrected chi connectivity index (χ2v) is 5.08. The summed E-state index contributed by atoms with van der Waals surface area (Å²) in [5, 5.41) is 11.6. The Morgan fingerprint density at radius 2 is 2.00 bits per heavy atom. The molecule has 1 heterocycles. The largest absolute Gasteiger partial charge is 0.409 e. The molecule has 20 heavy (non-hydrogen) atoms. The molecule has 104 valence electrons. The topological polar surface area (TPSA) is 74.7 Å². The SMILES string of the molecule is N/C(CCN(c1ccccc1)c1ccc(Br)cn1)=N\O. The molecule has 0 unspecified atom stereocenters. The van der Waals surface area contributed by atoms with Gasteiger partial charge in [0.05, 0.1) is 0 Å². The van der Waals surface area contributed by atoms with Crippen LogP contribution >= 0.6 is 15.9 Å². The molecule has 0 atom stereocenters. The average molecular weight is 335 g/mol. The Hall–Kier alpha value is -2.08. The lowest BCUT2D eigenvalue weighted by Gasteiger charge is -2.23. The van der Waals surface area contributed by atoms with Crippen molar-refractivity contribution in [1.82, 2.24) is 4.98 Å². The number of oxime groups is 1. The highest BCUT2D eigenvalue weighted by Crippen LogP contribution is 2.24. The van der Waals surface area contributed by atoms with Gasteiger partial charge in [-0.15, -0.1) is 0 Å². The van der Waals surface area contributed by atoms with Gasteiger partial charge in [-0.3, -0.25) is 0 Å². The third kappa shape index (κ3) is 3.71. The van der Waals surface area contributed by atoms with E-state index in [0.717, 1.165) is 16.0 Å². The van der Waals surface area contributed by atoms with Gasteiger partial charge in [0.15, 0.2) is 0 Å². The maximum Gasteiger partial charge on any atom is 0.140 e. The summed E-state index contributed by atoms with van der Waals surface area (Å²) in [6.07, 6.45) is 2.19. The van der Waals surface area contributed by atoms with E-state index in [4.69, 9.17) is 10.9 Å². The summed E-state index contributed by atoms with van der Waals surface area (Å²) >= 11 is 3.37. The minimum absolute atomic E-state index is 0.197. The van der Waals surface area contributed by atoms with Gasteiger partial charge < -0.3 is 15.8 Å². The minimum Gasteiger partial charge on any atom is -0.409 e. The number of benzene rings is 1. The van der Waals surface area contributed by atoms with Crippen LogP contribution in [-0.2, 0) is 0 Å². The van der Waals surface area contributed by atoms with E-state index < -0.39 is 0 Å². The van der Waals surface area contributed by atoms with Gasteiger partial charge >= 0.3 is 0 Å². The summed E-state index contributed by atoms with van der Waals surface area (Å²) in [6.45, 7) is 0.578. The smallest absolute Gasteiger partial charge is 0.140 e. The predicted molar refractivity (Wildman–Crippen MR) is 83.4 cm³/mol. The van der Waals surface area contributed by atoms with Crippen LogP contribution in [0.15, 0.2) is 58.3 Å². The van der Waals surface area contributed by atoms with E-state index in [2.05, 4.69) is 26.1 Å². The molecule has 5 nitrogen and oxygen atoms in total. The first-order chi connectivity index (χ1) is 9.70. The van der Waals surface area contributed by atoms with Crippen LogP contribution in [0.4, 0.5) is 11.5 Å². The molecule has 1 aromatic carbocycles. The molecule has 0 aliphatic heterocycles. The first kappa shape index (κ1) is 14.3. The van der Waals surface area contributed by atoms with Gasteiger partial charge in [-0.1, -0.05) is 23.4 Å². The van der Waals surface area contributed by atoms with Gasteiger partial charge in [-0.25, -0.2) is 4.98 Å². The Balaban J connectivity index is 2.26. The van der Waals surface area contributed by atoms with E-state index in [1.54, 1.807) is 6.20 Å². The van der Waals surface area contributed by atoms with E-state index in [-0.39, 0.29) is 5.84 Å². The zero-order valence-electron chi connectivity index (χ0n) is 10.8. The number of rotatable bonds is 5. The van der Waals surface area contributed by atoms with Gasteiger partial charge in [0.25, 0.3) is 0 Å². The molecule has 6 heteroatoms. The van der Waals surface area contributed by atoms with Gasteiger partial charge in [0.2, 0.25) is 0 Å². The fraction of sp³-hybridized carbons (Fsp3) is 0.143. The Bertz CT molecular complexity index is 571. The number of nitrogens with zero attached hydrogens (tertiary/aromatic N) is 3. The quantitative estimate of drug-likeness (QED) is 0.381. The van der Waals surface area contributed by atoms with Crippen LogP contribution in [0.5, 0.6) is 0 Å². The number of para-hydroxylation sites is 1. The van der Waals surface area contributed by atoms with Crippen molar-refractivity contribution < 1.29 is 5.21 Å². The first-order valence-corrected chi connectivity index (χ1v) is 6.90. The normalized spacial score (nSPS) is 11.3. The molecule has 1 aromatic heterocycles. The molecule has 0 radical (unpaired) electrons. The fourth-order valence-corrected chi connectivity index (χ4v) is 2.02.